The maximum atomic E-state index is 5.54. The Morgan fingerprint density at radius 1 is 1.11 bits per heavy atom. The fourth-order valence-corrected chi connectivity index (χ4v) is 1.51. The predicted molar refractivity (Wildman–Crippen MR) is 68.5 cm³/mol. The summed E-state index contributed by atoms with van der Waals surface area (Å²) in [6.45, 7) is 1.53. The van der Waals surface area contributed by atoms with Gasteiger partial charge in [0.1, 0.15) is 19.0 Å². The highest BCUT2D eigenvalue weighted by Gasteiger charge is 1.97. The molecule has 18 heavy (non-hydrogen) atoms. The lowest BCUT2D eigenvalue weighted by Gasteiger charge is -2.07. The molecule has 1 aromatic carbocycles. The molecule has 0 fully saturated rings. The molecule has 5 heteroatoms. The van der Waals surface area contributed by atoms with E-state index in [0.717, 1.165) is 17.1 Å². The van der Waals surface area contributed by atoms with E-state index in [9.17, 15) is 0 Å². The average Bonchev–Trinajstić information content (AvgIpc) is 2.81. The third kappa shape index (κ3) is 3.49. The summed E-state index contributed by atoms with van der Waals surface area (Å²) in [5.74, 6) is 1.57. The molecule has 2 N–H and O–H groups in total. The molecule has 0 bridgehead atoms. The first-order chi connectivity index (χ1) is 8.78. The van der Waals surface area contributed by atoms with Crippen LogP contribution in [0.15, 0.2) is 36.7 Å². The lowest BCUT2D eigenvalue weighted by Crippen LogP contribution is -2.08. The number of rotatable bonds is 6. The third-order valence-corrected chi connectivity index (χ3v) is 2.46. The van der Waals surface area contributed by atoms with Crippen LogP contribution in [0, 0.1) is 0 Å². The van der Waals surface area contributed by atoms with E-state index in [4.69, 9.17) is 15.2 Å². The zero-order valence-electron chi connectivity index (χ0n) is 10.4. The van der Waals surface area contributed by atoms with Gasteiger partial charge in [-0.15, -0.1) is 0 Å². The highest BCUT2D eigenvalue weighted by atomic mass is 16.5. The largest absolute Gasteiger partial charge is 0.490 e. The summed E-state index contributed by atoms with van der Waals surface area (Å²) in [5.41, 5.74) is 6.61. The van der Waals surface area contributed by atoms with E-state index < -0.39 is 0 Å². The molecule has 1 aromatic heterocycles. The van der Waals surface area contributed by atoms with Crippen LogP contribution in [0.25, 0.3) is 0 Å². The van der Waals surface area contributed by atoms with Gasteiger partial charge in [0.05, 0.1) is 12.4 Å². The molecule has 0 amide bonds. The molecule has 0 saturated heterocycles. The van der Waals surface area contributed by atoms with E-state index in [2.05, 4.69) is 5.10 Å². The molecule has 0 aliphatic carbocycles. The Labute approximate surface area is 106 Å². The highest BCUT2D eigenvalue weighted by molar-refractivity contribution is 5.27. The Hall–Kier alpha value is -2.01. The Balaban J connectivity index is 1.71. The van der Waals surface area contributed by atoms with Crippen molar-refractivity contribution in [3.8, 4) is 11.5 Å². The molecule has 1 heterocycles. The first kappa shape index (κ1) is 12.4. The molecule has 5 nitrogen and oxygen atoms in total. The molecule has 2 rings (SSSR count). The molecule has 0 aliphatic heterocycles. The Morgan fingerprint density at radius 3 is 2.33 bits per heavy atom. The number of hydrogen-bond acceptors (Lipinski definition) is 4. The second-order valence-corrected chi connectivity index (χ2v) is 3.89. The molecular weight excluding hydrogens is 230 g/mol. The van der Waals surface area contributed by atoms with Crippen molar-refractivity contribution in [3.63, 3.8) is 0 Å². The van der Waals surface area contributed by atoms with Gasteiger partial charge in [-0.1, -0.05) is 12.1 Å². The molecular formula is C13H17N3O2. The van der Waals surface area contributed by atoms with Crippen molar-refractivity contribution in [2.24, 2.45) is 12.8 Å². The van der Waals surface area contributed by atoms with Crippen LogP contribution >= 0.6 is 0 Å². The summed E-state index contributed by atoms with van der Waals surface area (Å²) >= 11 is 0. The molecule has 0 spiro atoms. The number of aromatic nitrogens is 2. The summed E-state index contributed by atoms with van der Waals surface area (Å²) < 4.78 is 12.7. The van der Waals surface area contributed by atoms with Crippen LogP contribution in [0.4, 0.5) is 0 Å². The Morgan fingerprint density at radius 2 is 1.78 bits per heavy atom. The molecule has 96 valence electrons. The van der Waals surface area contributed by atoms with Crippen LogP contribution in [0.1, 0.15) is 5.56 Å². The minimum absolute atomic E-state index is 0.490. The first-order valence-electron chi connectivity index (χ1n) is 5.81. The maximum absolute atomic E-state index is 5.54. The zero-order chi connectivity index (χ0) is 12.8. The van der Waals surface area contributed by atoms with Gasteiger partial charge in [0.15, 0.2) is 5.75 Å². The van der Waals surface area contributed by atoms with Crippen molar-refractivity contribution in [1.82, 2.24) is 9.78 Å². The number of nitrogens with zero attached hydrogens (tertiary/aromatic N) is 2. The van der Waals surface area contributed by atoms with Crippen molar-refractivity contribution >= 4 is 0 Å². The molecule has 2 aromatic rings. The zero-order valence-corrected chi connectivity index (χ0v) is 10.4. The van der Waals surface area contributed by atoms with Gasteiger partial charge in [-0.3, -0.25) is 4.68 Å². The van der Waals surface area contributed by atoms with E-state index >= 15 is 0 Å². The van der Waals surface area contributed by atoms with E-state index in [1.165, 1.54) is 0 Å². The number of ether oxygens (including phenoxy) is 2. The summed E-state index contributed by atoms with van der Waals surface area (Å²) in [6, 6.07) is 7.73. The van der Waals surface area contributed by atoms with Gasteiger partial charge in [-0.2, -0.15) is 5.10 Å². The van der Waals surface area contributed by atoms with E-state index in [0.29, 0.717) is 19.8 Å². The second-order valence-electron chi connectivity index (χ2n) is 3.89. The van der Waals surface area contributed by atoms with Crippen molar-refractivity contribution in [2.75, 3.05) is 13.2 Å². The van der Waals surface area contributed by atoms with Crippen molar-refractivity contribution in [1.29, 1.82) is 0 Å². The lowest BCUT2D eigenvalue weighted by molar-refractivity contribution is 0.217. The summed E-state index contributed by atoms with van der Waals surface area (Å²) in [6.07, 6.45) is 3.49. The van der Waals surface area contributed by atoms with Crippen molar-refractivity contribution in [3.05, 3.63) is 42.2 Å². The molecule has 0 aliphatic rings. The normalized spacial score (nSPS) is 10.3. The van der Waals surface area contributed by atoms with Crippen LogP contribution in [-0.2, 0) is 13.6 Å². The van der Waals surface area contributed by atoms with E-state index in [1.807, 2.05) is 37.5 Å². The number of nitrogens with two attached hydrogens (primary N) is 1. The number of aryl methyl sites for hydroxylation is 1. The third-order valence-electron chi connectivity index (χ3n) is 2.46. The van der Waals surface area contributed by atoms with Gasteiger partial charge in [-0.25, -0.2) is 0 Å². The smallest absolute Gasteiger partial charge is 0.157 e. The topological polar surface area (TPSA) is 62.3 Å². The van der Waals surface area contributed by atoms with Gasteiger partial charge in [0.25, 0.3) is 0 Å². The molecule has 0 radical (unpaired) electrons. The minimum atomic E-state index is 0.490. The fourth-order valence-electron chi connectivity index (χ4n) is 1.51. The molecule has 0 atom stereocenters. The number of benzene rings is 1. The van der Waals surface area contributed by atoms with Gasteiger partial charge in [0.2, 0.25) is 0 Å². The van der Waals surface area contributed by atoms with Crippen LogP contribution in [0.5, 0.6) is 11.5 Å². The van der Waals surface area contributed by atoms with Crippen LogP contribution < -0.4 is 15.2 Å². The summed E-state index contributed by atoms with van der Waals surface area (Å²) in [7, 11) is 1.85. The van der Waals surface area contributed by atoms with E-state index in [1.54, 1.807) is 10.9 Å². The van der Waals surface area contributed by atoms with Crippen LogP contribution in [-0.4, -0.2) is 23.0 Å². The van der Waals surface area contributed by atoms with Crippen LogP contribution in [0.3, 0.4) is 0 Å². The summed E-state index contributed by atoms with van der Waals surface area (Å²) in [5, 5.41) is 4.01. The van der Waals surface area contributed by atoms with E-state index in [-0.39, 0.29) is 0 Å². The second kappa shape index (κ2) is 6.07. The first-order valence-corrected chi connectivity index (χ1v) is 5.81. The van der Waals surface area contributed by atoms with Crippen molar-refractivity contribution in [2.45, 2.75) is 6.54 Å². The van der Waals surface area contributed by atoms with Gasteiger partial charge in [0, 0.05) is 13.6 Å². The molecule has 0 unspecified atom stereocenters. The quantitative estimate of drug-likeness (QED) is 0.782. The number of hydrogen-bond donors (Lipinski definition) is 1. The standard InChI is InChI=1S/C13H17N3O2/c1-16-10-13(9-15-16)18-7-6-17-12-4-2-11(8-14)3-5-12/h2-5,9-10H,6-8,14H2,1H3. The minimum Gasteiger partial charge on any atom is -0.490 e. The fraction of sp³-hybridized carbons (Fsp3) is 0.308. The van der Waals surface area contributed by atoms with Gasteiger partial charge < -0.3 is 15.2 Å². The Kier molecular flexibility index (Phi) is 4.20. The summed E-state index contributed by atoms with van der Waals surface area (Å²) in [4.78, 5) is 0. The van der Waals surface area contributed by atoms with Gasteiger partial charge in [-0.05, 0) is 17.7 Å². The lowest BCUT2D eigenvalue weighted by atomic mass is 10.2. The maximum Gasteiger partial charge on any atom is 0.157 e. The molecule has 0 saturated carbocycles. The SMILES string of the molecule is Cn1cc(OCCOc2ccc(CN)cc2)cn1. The predicted octanol–water partition coefficient (Wildman–Crippen LogP) is 1.34. The highest BCUT2D eigenvalue weighted by Crippen LogP contribution is 2.12. The Bertz CT molecular complexity index is 479. The average molecular weight is 247 g/mol. The van der Waals surface area contributed by atoms with Crippen LogP contribution in [0.2, 0.25) is 0 Å². The van der Waals surface area contributed by atoms with Gasteiger partial charge >= 0.3 is 0 Å². The monoisotopic (exact) mass is 247 g/mol. The van der Waals surface area contributed by atoms with Crippen molar-refractivity contribution < 1.29 is 9.47 Å².